The lowest BCUT2D eigenvalue weighted by Gasteiger charge is -2.43. The van der Waals surface area contributed by atoms with Crippen molar-refractivity contribution in [1.29, 1.82) is 0 Å². The van der Waals surface area contributed by atoms with Crippen molar-refractivity contribution in [2.75, 3.05) is 19.7 Å². The predicted molar refractivity (Wildman–Crippen MR) is 122 cm³/mol. The average molecular weight is 437 g/mol. The Balaban J connectivity index is 1.66. The summed E-state index contributed by atoms with van der Waals surface area (Å²) in [5.41, 5.74) is 2.31. The molecule has 3 heterocycles. The van der Waals surface area contributed by atoms with Gasteiger partial charge < -0.3 is 15.0 Å². The summed E-state index contributed by atoms with van der Waals surface area (Å²) in [5.74, 6) is 0.0325. The molecule has 0 bridgehead atoms. The third-order valence-electron chi connectivity index (χ3n) is 6.41. The molecule has 2 aliphatic heterocycles. The van der Waals surface area contributed by atoms with E-state index in [1.807, 2.05) is 36.9 Å². The van der Waals surface area contributed by atoms with Gasteiger partial charge in [0.25, 0.3) is 5.91 Å². The van der Waals surface area contributed by atoms with E-state index in [-0.39, 0.29) is 24.0 Å². The Labute approximate surface area is 189 Å². The summed E-state index contributed by atoms with van der Waals surface area (Å²) in [4.78, 5) is 36.9. The highest BCUT2D eigenvalue weighted by atomic mass is 16.5. The fraction of sp³-hybridized carbons (Fsp3) is 0.520. The Bertz CT molecular complexity index is 943. The van der Waals surface area contributed by atoms with Crippen LogP contribution in [-0.4, -0.2) is 58.5 Å². The number of nitrogens with zero attached hydrogens (tertiary/aromatic N) is 3. The van der Waals surface area contributed by atoms with Crippen molar-refractivity contribution in [1.82, 2.24) is 20.2 Å². The molecular formula is C25H32N4O3. The molecule has 32 heavy (non-hydrogen) atoms. The van der Waals surface area contributed by atoms with E-state index in [9.17, 15) is 9.59 Å². The number of hydrogen-bond donors (Lipinski definition) is 1. The molecule has 1 N–H and O–H groups in total. The average Bonchev–Trinajstić information content (AvgIpc) is 3.34. The lowest BCUT2D eigenvalue weighted by molar-refractivity contribution is -0.148. The molecule has 2 aliphatic rings. The largest absolute Gasteiger partial charge is 0.368 e. The van der Waals surface area contributed by atoms with Crippen molar-refractivity contribution < 1.29 is 14.3 Å². The molecule has 2 atom stereocenters. The van der Waals surface area contributed by atoms with Crippen LogP contribution in [0.25, 0.3) is 11.1 Å². The van der Waals surface area contributed by atoms with Crippen LogP contribution >= 0.6 is 0 Å². The minimum Gasteiger partial charge on any atom is -0.368 e. The Morgan fingerprint density at radius 1 is 1.22 bits per heavy atom. The summed E-state index contributed by atoms with van der Waals surface area (Å²) in [6, 6.07) is 8.12. The number of nitrogens with one attached hydrogen (secondary N) is 1. The highest BCUT2D eigenvalue weighted by molar-refractivity contribution is 5.86. The second-order valence-electron chi connectivity index (χ2n) is 9.23. The Kier molecular flexibility index (Phi) is 6.84. The van der Waals surface area contributed by atoms with Crippen LogP contribution in [0, 0.1) is 5.41 Å². The number of aromatic nitrogens is 2. The Morgan fingerprint density at radius 3 is 2.72 bits per heavy atom. The quantitative estimate of drug-likeness (QED) is 0.753. The van der Waals surface area contributed by atoms with Crippen LogP contribution in [0.5, 0.6) is 0 Å². The maximum Gasteiger partial charge on any atom is 0.251 e. The molecule has 0 aliphatic carbocycles. The van der Waals surface area contributed by atoms with Gasteiger partial charge in [-0.15, -0.1) is 0 Å². The number of rotatable bonds is 6. The highest BCUT2D eigenvalue weighted by Crippen LogP contribution is 2.37. The zero-order valence-corrected chi connectivity index (χ0v) is 18.9. The molecule has 0 unspecified atom stereocenters. The second-order valence-corrected chi connectivity index (χ2v) is 9.23. The van der Waals surface area contributed by atoms with E-state index in [1.165, 1.54) is 6.33 Å². The summed E-state index contributed by atoms with van der Waals surface area (Å²) >= 11 is 0. The third-order valence-corrected chi connectivity index (χ3v) is 6.41. The van der Waals surface area contributed by atoms with Gasteiger partial charge in [0.2, 0.25) is 5.91 Å². The molecule has 2 aromatic rings. The normalized spacial score (nSPS) is 23.3. The van der Waals surface area contributed by atoms with Crippen molar-refractivity contribution in [2.45, 2.75) is 58.1 Å². The molecule has 170 valence electrons. The van der Waals surface area contributed by atoms with Crippen LogP contribution in [-0.2, 0) is 20.7 Å². The molecular weight excluding hydrogens is 404 g/mol. The predicted octanol–water partition coefficient (Wildman–Crippen LogP) is 3.00. The third kappa shape index (κ3) is 4.83. The molecule has 7 heteroatoms. The molecule has 7 nitrogen and oxygen atoms in total. The van der Waals surface area contributed by atoms with E-state index >= 15 is 0 Å². The van der Waals surface area contributed by atoms with Gasteiger partial charge in [0.05, 0.1) is 5.41 Å². The summed E-state index contributed by atoms with van der Waals surface area (Å²) < 4.78 is 5.65. The summed E-state index contributed by atoms with van der Waals surface area (Å²) in [6.45, 7) is 5.65. The van der Waals surface area contributed by atoms with Crippen LogP contribution < -0.4 is 5.32 Å². The van der Waals surface area contributed by atoms with E-state index in [0.29, 0.717) is 26.1 Å². The van der Waals surface area contributed by atoms with E-state index in [0.717, 1.165) is 42.4 Å². The van der Waals surface area contributed by atoms with Crippen molar-refractivity contribution in [3.63, 3.8) is 0 Å². The summed E-state index contributed by atoms with van der Waals surface area (Å²) in [5, 5.41) is 3.13. The molecule has 4 rings (SSSR count). The number of likely N-dealkylation sites (tertiary alicyclic amines) is 1. The number of benzene rings is 1. The van der Waals surface area contributed by atoms with Gasteiger partial charge in [-0.1, -0.05) is 24.3 Å². The maximum absolute atomic E-state index is 13.6. The van der Waals surface area contributed by atoms with Gasteiger partial charge >= 0.3 is 0 Å². The highest BCUT2D eigenvalue weighted by Gasteiger charge is 2.45. The molecule has 0 spiro atoms. The van der Waals surface area contributed by atoms with Crippen LogP contribution in [0.1, 0.15) is 45.1 Å². The van der Waals surface area contributed by atoms with Gasteiger partial charge in [-0.2, -0.15) is 0 Å². The van der Waals surface area contributed by atoms with Gasteiger partial charge in [-0.05, 0) is 57.1 Å². The van der Waals surface area contributed by atoms with E-state index in [4.69, 9.17) is 4.74 Å². The topological polar surface area (TPSA) is 84.4 Å². The first-order valence-corrected chi connectivity index (χ1v) is 11.5. The Morgan fingerprint density at radius 2 is 2.00 bits per heavy atom. The maximum atomic E-state index is 13.6. The van der Waals surface area contributed by atoms with Crippen molar-refractivity contribution in [3.8, 4) is 11.1 Å². The molecule has 1 aromatic carbocycles. The fourth-order valence-corrected chi connectivity index (χ4v) is 4.88. The number of amides is 2. The minimum absolute atomic E-state index is 0.0106. The number of piperidine rings is 1. The SMILES string of the molecule is CC(C)NC(=O)[C@]1(Cc2ccccc2-c2cncnc2)CCCN(C(=O)[C@H]2CCCO2)C1. The monoisotopic (exact) mass is 436 g/mol. The number of hydrogen-bond acceptors (Lipinski definition) is 5. The zero-order chi connectivity index (χ0) is 22.6. The number of carbonyl (C=O) groups is 2. The fourth-order valence-electron chi connectivity index (χ4n) is 4.88. The first kappa shape index (κ1) is 22.4. The van der Waals surface area contributed by atoms with Crippen molar-refractivity contribution in [3.05, 3.63) is 48.5 Å². The van der Waals surface area contributed by atoms with E-state index in [2.05, 4.69) is 21.4 Å². The van der Waals surface area contributed by atoms with Gasteiger partial charge in [0.1, 0.15) is 12.4 Å². The Hall–Kier alpha value is -2.80. The van der Waals surface area contributed by atoms with Crippen LogP contribution in [0.15, 0.2) is 43.0 Å². The zero-order valence-electron chi connectivity index (χ0n) is 18.9. The number of ether oxygens (including phenoxy) is 1. The van der Waals surface area contributed by atoms with Gasteiger partial charge in [0.15, 0.2) is 0 Å². The second kappa shape index (κ2) is 9.77. The van der Waals surface area contributed by atoms with Gasteiger partial charge in [0, 0.05) is 43.7 Å². The first-order chi connectivity index (χ1) is 15.5. The van der Waals surface area contributed by atoms with Crippen molar-refractivity contribution in [2.24, 2.45) is 5.41 Å². The summed E-state index contributed by atoms with van der Waals surface area (Å²) in [6.07, 6.45) is 8.48. The van der Waals surface area contributed by atoms with Gasteiger partial charge in [-0.3, -0.25) is 9.59 Å². The lowest BCUT2D eigenvalue weighted by Crippen LogP contribution is -2.56. The van der Waals surface area contributed by atoms with Crippen LogP contribution in [0.4, 0.5) is 0 Å². The van der Waals surface area contributed by atoms with E-state index < -0.39 is 5.41 Å². The lowest BCUT2D eigenvalue weighted by atomic mass is 9.73. The molecule has 2 saturated heterocycles. The van der Waals surface area contributed by atoms with Crippen molar-refractivity contribution >= 4 is 11.8 Å². The van der Waals surface area contributed by atoms with Gasteiger partial charge in [-0.25, -0.2) is 9.97 Å². The molecule has 2 amide bonds. The molecule has 1 aromatic heterocycles. The van der Waals surface area contributed by atoms with Crippen LogP contribution in [0.2, 0.25) is 0 Å². The molecule has 0 radical (unpaired) electrons. The summed E-state index contributed by atoms with van der Waals surface area (Å²) in [7, 11) is 0. The standard InChI is InChI=1S/C25H32N4O3/c1-18(2)28-24(31)25(10-6-11-29(16-25)23(30)22-9-5-12-32-22)13-19-7-3-4-8-21(19)20-14-26-17-27-15-20/h3-4,7-8,14-15,17-18,22H,5-6,9-13,16H2,1-2H3,(H,28,31)/t22-,25+/m1/s1. The van der Waals surface area contributed by atoms with E-state index in [1.54, 1.807) is 12.4 Å². The molecule has 0 saturated carbocycles. The first-order valence-electron chi connectivity index (χ1n) is 11.5. The smallest absolute Gasteiger partial charge is 0.251 e. The molecule has 2 fully saturated rings. The minimum atomic E-state index is -0.692. The number of carbonyl (C=O) groups excluding carboxylic acids is 2. The van der Waals surface area contributed by atoms with Crippen LogP contribution in [0.3, 0.4) is 0 Å².